The number of benzene rings is 1. The zero-order chi connectivity index (χ0) is 23.6. The maximum atomic E-state index is 11.5. The fourth-order valence-electron chi connectivity index (χ4n) is 3.50. The van der Waals surface area contributed by atoms with Crippen LogP contribution in [-0.4, -0.2) is 44.3 Å². The Morgan fingerprint density at radius 3 is 2.58 bits per heavy atom. The first-order valence-electron chi connectivity index (χ1n) is 10.3. The quantitative estimate of drug-likeness (QED) is 0.430. The molecular formula is C23H24N6O3S. The van der Waals surface area contributed by atoms with Gasteiger partial charge in [0.2, 0.25) is 21.9 Å². The molecule has 0 atom stereocenters. The Labute approximate surface area is 192 Å². The van der Waals surface area contributed by atoms with Crippen molar-refractivity contribution in [1.29, 1.82) is 0 Å². The molecule has 3 aromatic heterocycles. The Bertz CT molecular complexity index is 1380. The second kappa shape index (κ2) is 9.08. The molecule has 0 spiro atoms. The molecule has 1 aromatic carbocycles. The van der Waals surface area contributed by atoms with E-state index in [4.69, 9.17) is 4.98 Å². The monoisotopic (exact) mass is 464 g/mol. The van der Waals surface area contributed by atoms with E-state index in [1.165, 1.54) is 0 Å². The summed E-state index contributed by atoms with van der Waals surface area (Å²) in [7, 11) is -3.33. The molecule has 0 saturated carbocycles. The number of pyridine rings is 1. The van der Waals surface area contributed by atoms with Crippen LogP contribution in [0.5, 0.6) is 5.88 Å². The van der Waals surface area contributed by atoms with Crippen molar-refractivity contribution in [3.8, 4) is 34.6 Å². The van der Waals surface area contributed by atoms with Crippen molar-refractivity contribution in [1.82, 2.24) is 29.2 Å². The van der Waals surface area contributed by atoms with E-state index in [2.05, 4.69) is 19.7 Å². The summed E-state index contributed by atoms with van der Waals surface area (Å²) >= 11 is 0. The van der Waals surface area contributed by atoms with Gasteiger partial charge in [-0.15, -0.1) is 0 Å². The van der Waals surface area contributed by atoms with Gasteiger partial charge >= 0.3 is 0 Å². The predicted molar refractivity (Wildman–Crippen MR) is 125 cm³/mol. The molecule has 0 bridgehead atoms. The van der Waals surface area contributed by atoms with Crippen molar-refractivity contribution in [3.05, 3.63) is 72.2 Å². The van der Waals surface area contributed by atoms with E-state index in [1.807, 2.05) is 56.3 Å². The summed E-state index contributed by atoms with van der Waals surface area (Å²) < 4.78 is 27.2. The predicted octanol–water partition coefficient (Wildman–Crippen LogP) is 3.27. The average Bonchev–Trinajstić information content (AvgIpc) is 3.27. The van der Waals surface area contributed by atoms with Crippen LogP contribution in [-0.2, 0) is 16.6 Å². The molecule has 170 valence electrons. The molecule has 4 rings (SSSR count). The van der Waals surface area contributed by atoms with E-state index in [0.717, 1.165) is 17.4 Å². The third kappa shape index (κ3) is 5.07. The number of aromatic hydroxyl groups is 1. The normalized spacial score (nSPS) is 11.8. The number of nitrogens with one attached hydrogen (secondary N) is 1. The molecule has 0 radical (unpaired) electrons. The van der Waals surface area contributed by atoms with Gasteiger partial charge in [0.1, 0.15) is 5.69 Å². The number of nitrogens with zero attached hydrogens (tertiary/aromatic N) is 5. The maximum absolute atomic E-state index is 11.5. The average molecular weight is 465 g/mol. The molecule has 0 amide bonds. The standard InChI is InChI=1S/C23H24N6O3S/c1-15(2)19-20(17-8-6-7-16(13-17)14-26-33(3,31)32)27-23(28-22(19)30)29-12-11-25-21(29)18-9-4-5-10-24-18/h4-13,15,26H,14H2,1-3H3,(H,27,28,30). The van der Waals surface area contributed by atoms with E-state index in [1.54, 1.807) is 23.2 Å². The van der Waals surface area contributed by atoms with Gasteiger partial charge in [0.15, 0.2) is 5.82 Å². The van der Waals surface area contributed by atoms with Crippen molar-refractivity contribution >= 4 is 10.0 Å². The third-order valence-electron chi connectivity index (χ3n) is 4.98. The number of aromatic nitrogens is 5. The van der Waals surface area contributed by atoms with E-state index >= 15 is 0 Å². The van der Waals surface area contributed by atoms with Gasteiger partial charge in [-0.25, -0.2) is 23.1 Å². The van der Waals surface area contributed by atoms with Crippen LogP contribution in [0.2, 0.25) is 0 Å². The summed E-state index contributed by atoms with van der Waals surface area (Å²) in [6.45, 7) is 4.05. The van der Waals surface area contributed by atoms with Crippen LogP contribution in [0.15, 0.2) is 61.1 Å². The van der Waals surface area contributed by atoms with Crippen LogP contribution in [0.3, 0.4) is 0 Å². The fraction of sp³-hybridized carbons (Fsp3) is 0.217. The smallest absolute Gasteiger partial charge is 0.239 e. The van der Waals surface area contributed by atoms with Gasteiger partial charge in [0.25, 0.3) is 0 Å². The summed E-state index contributed by atoms with van der Waals surface area (Å²) in [5, 5.41) is 10.9. The van der Waals surface area contributed by atoms with Crippen LogP contribution < -0.4 is 4.72 Å². The van der Waals surface area contributed by atoms with Crippen LogP contribution in [0.4, 0.5) is 0 Å². The number of hydrogen-bond acceptors (Lipinski definition) is 7. The highest BCUT2D eigenvalue weighted by Crippen LogP contribution is 2.34. The van der Waals surface area contributed by atoms with Gasteiger partial charge in [-0.1, -0.05) is 38.1 Å². The summed E-state index contributed by atoms with van der Waals surface area (Å²) in [6.07, 6.45) is 6.13. The molecule has 9 nitrogen and oxygen atoms in total. The summed E-state index contributed by atoms with van der Waals surface area (Å²) in [4.78, 5) is 17.9. The van der Waals surface area contributed by atoms with Crippen LogP contribution in [0.25, 0.3) is 28.7 Å². The molecule has 0 aliphatic carbocycles. The molecule has 3 heterocycles. The van der Waals surface area contributed by atoms with Gasteiger partial charge in [0.05, 0.1) is 11.9 Å². The van der Waals surface area contributed by atoms with Crippen LogP contribution in [0.1, 0.15) is 30.9 Å². The van der Waals surface area contributed by atoms with Crippen molar-refractivity contribution < 1.29 is 13.5 Å². The topological polar surface area (TPSA) is 123 Å². The second-order valence-electron chi connectivity index (χ2n) is 7.89. The molecule has 10 heteroatoms. The molecular weight excluding hydrogens is 440 g/mol. The van der Waals surface area contributed by atoms with Gasteiger partial charge in [0, 0.05) is 36.3 Å². The highest BCUT2D eigenvalue weighted by Gasteiger charge is 2.21. The summed E-state index contributed by atoms with van der Waals surface area (Å²) in [5.74, 6) is 0.629. The number of sulfonamides is 1. The minimum absolute atomic E-state index is 0.0510. The SMILES string of the molecule is CC(C)c1c(O)nc(-n2ccnc2-c2ccccn2)nc1-c1cccc(CNS(C)(=O)=O)c1. The Morgan fingerprint density at radius 2 is 1.88 bits per heavy atom. The number of imidazole rings is 1. The third-order valence-corrected chi connectivity index (χ3v) is 5.65. The molecule has 0 fully saturated rings. The van der Waals surface area contributed by atoms with E-state index in [0.29, 0.717) is 22.8 Å². The Balaban J connectivity index is 1.83. The molecule has 0 saturated heterocycles. The molecule has 33 heavy (non-hydrogen) atoms. The lowest BCUT2D eigenvalue weighted by atomic mass is 9.97. The fourth-order valence-corrected chi connectivity index (χ4v) is 3.93. The number of rotatable bonds is 7. The lowest BCUT2D eigenvalue weighted by Gasteiger charge is -2.16. The van der Waals surface area contributed by atoms with Gasteiger partial charge < -0.3 is 5.11 Å². The number of hydrogen-bond donors (Lipinski definition) is 2. The minimum atomic E-state index is -3.33. The molecule has 0 aliphatic rings. The summed E-state index contributed by atoms with van der Waals surface area (Å²) in [6, 6.07) is 12.9. The Kier molecular flexibility index (Phi) is 6.21. The minimum Gasteiger partial charge on any atom is -0.493 e. The lowest BCUT2D eigenvalue weighted by molar-refractivity contribution is 0.440. The molecule has 4 aromatic rings. The Hall–Kier alpha value is -3.63. The first-order valence-corrected chi connectivity index (χ1v) is 12.2. The lowest BCUT2D eigenvalue weighted by Crippen LogP contribution is -2.21. The van der Waals surface area contributed by atoms with Crippen molar-refractivity contribution in [2.24, 2.45) is 0 Å². The van der Waals surface area contributed by atoms with Crippen LogP contribution in [0, 0.1) is 0 Å². The van der Waals surface area contributed by atoms with Crippen molar-refractivity contribution in [2.45, 2.75) is 26.3 Å². The molecule has 2 N–H and O–H groups in total. The zero-order valence-corrected chi connectivity index (χ0v) is 19.3. The van der Waals surface area contributed by atoms with Gasteiger partial charge in [-0.3, -0.25) is 9.55 Å². The molecule has 0 unspecified atom stereocenters. The molecule has 0 aliphatic heterocycles. The highest BCUT2D eigenvalue weighted by atomic mass is 32.2. The van der Waals surface area contributed by atoms with Gasteiger partial charge in [-0.05, 0) is 29.7 Å². The highest BCUT2D eigenvalue weighted by molar-refractivity contribution is 7.88. The Morgan fingerprint density at radius 1 is 1.06 bits per heavy atom. The first-order chi connectivity index (χ1) is 15.7. The van der Waals surface area contributed by atoms with E-state index < -0.39 is 10.0 Å². The van der Waals surface area contributed by atoms with Gasteiger partial charge in [-0.2, -0.15) is 4.98 Å². The maximum Gasteiger partial charge on any atom is 0.239 e. The summed E-state index contributed by atoms with van der Waals surface area (Å²) in [5.41, 5.74) is 3.32. The van der Waals surface area contributed by atoms with Crippen molar-refractivity contribution in [3.63, 3.8) is 0 Å². The van der Waals surface area contributed by atoms with E-state index in [-0.39, 0.29) is 24.3 Å². The van der Waals surface area contributed by atoms with E-state index in [9.17, 15) is 13.5 Å². The van der Waals surface area contributed by atoms with Crippen molar-refractivity contribution in [2.75, 3.05) is 6.26 Å². The zero-order valence-electron chi connectivity index (χ0n) is 18.5. The largest absolute Gasteiger partial charge is 0.493 e. The second-order valence-corrected chi connectivity index (χ2v) is 9.73. The van der Waals surface area contributed by atoms with Crippen LogP contribution >= 0.6 is 0 Å². The first kappa shape index (κ1) is 22.6.